The van der Waals surface area contributed by atoms with Crippen molar-refractivity contribution >= 4 is 44.8 Å². The summed E-state index contributed by atoms with van der Waals surface area (Å²) in [6.07, 6.45) is 0.881. The molecule has 5 rings (SSSR count). The smallest absolute Gasteiger partial charge is 0.260 e. The van der Waals surface area contributed by atoms with Gasteiger partial charge in [0.1, 0.15) is 0 Å². The highest BCUT2D eigenvalue weighted by atomic mass is 35.5. The summed E-state index contributed by atoms with van der Waals surface area (Å²) < 4.78 is 0. The Bertz CT molecular complexity index is 1230. The molecule has 0 aliphatic carbocycles. The summed E-state index contributed by atoms with van der Waals surface area (Å²) in [6.45, 7) is 2.86. The number of hydrogen-bond acceptors (Lipinski definition) is 3. The van der Waals surface area contributed by atoms with Gasteiger partial charge < -0.3 is 9.88 Å². The molecular weight excluding hydrogens is 346 g/mol. The van der Waals surface area contributed by atoms with Crippen LogP contribution in [0.4, 0.5) is 11.4 Å². The van der Waals surface area contributed by atoms with Crippen molar-refractivity contribution in [3.05, 3.63) is 75.2 Å². The van der Waals surface area contributed by atoms with E-state index in [-0.39, 0.29) is 5.56 Å². The molecule has 0 atom stereocenters. The molecule has 2 aromatic heterocycles. The van der Waals surface area contributed by atoms with Gasteiger partial charge in [-0.3, -0.25) is 9.78 Å². The Labute approximate surface area is 155 Å². The summed E-state index contributed by atoms with van der Waals surface area (Å²) in [4.78, 5) is 23.0. The van der Waals surface area contributed by atoms with Crippen molar-refractivity contribution in [2.75, 3.05) is 11.4 Å². The fraction of sp³-hybridized carbons (Fsp3) is 0.143. The van der Waals surface area contributed by atoms with Gasteiger partial charge in [0, 0.05) is 23.3 Å². The second-order valence-electron chi connectivity index (χ2n) is 6.60. The molecule has 0 unspecified atom stereocenters. The summed E-state index contributed by atoms with van der Waals surface area (Å²) in [7, 11) is 0. The number of benzene rings is 2. The molecule has 0 spiro atoms. The SMILES string of the molecule is Cc1nc2c(c3c1CCN3c1ccccc1)c(=O)[nH]c1c(Cl)cccc12. The standard InChI is InChI=1S/C21H16ClN3O/c1-12-14-10-11-25(13-6-3-2-4-7-13)20(14)17-19(23-12)15-8-5-9-16(22)18(15)24-21(17)26/h2-9H,10-11H2,1H3,(H,24,26). The normalized spacial score (nSPS) is 13.5. The second-order valence-corrected chi connectivity index (χ2v) is 7.01. The molecule has 0 radical (unpaired) electrons. The van der Waals surface area contributed by atoms with Crippen molar-refractivity contribution < 1.29 is 0 Å². The lowest BCUT2D eigenvalue weighted by Gasteiger charge is -2.21. The van der Waals surface area contributed by atoms with Crippen LogP contribution in [0.2, 0.25) is 5.02 Å². The van der Waals surface area contributed by atoms with Crippen molar-refractivity contribution in [3.63, 3.8) is 0 Å². The maximum atomic E-state index is 13.0. The number of nitrogens with one attached hydrogen (secondary N) is 1. The molecule has 0 saturated carbocycles. The lowest BCUT2D eigenvalue weighted by Crippen LogP contribution is -2.17. The number of pyridine rings is 2. The number of H-pyrrole nitrogens is 1. The molecule has 3 heterocycles. The van der Waals surface area contributed by atoms with E-state index in [1.165, 1.54) is 0 Å². The number of nitrogens with zero attached hydrogens (tertiary/aromatic N) is 2. The lowest BCUT2D eigenvalue weighted by molar-refractivity contribution is 0.989. The Morgan fingerprint density at radius 1 is 1.12 bits per heavy atom. The number of hydrogen-bond donors (Lipinski definition) is 1. The van der Waals surface area contributed by atoms with Gasteiger partial charge in [-0.05, 0) is 37.1 Å². The number of para-hydroxylation sites is 2. The van der Waals surface area contributed by atoms with E-state index in [1.807, 2.05) is 37.3 Å². The molecule has 0 amide bonds. The summed E-state index contributed by atoms with van der Waals surface area (Å²) in [5.41, 5.74) is 5.39. The molecule has 2 aromatic carbocycles. The molecule has 4 aromatic rings. The Morgan fingerprint density at radius 2 is 1.92 bits per heavy atom. The summed E-state index contributed by atoms with van der Waals surface area (Å²) in [6, 6.07) is 15.8. The van der Waals surface area contributed by atoms with Crippen LogP contribution in [0.3, 0.4) is 0 Å². The highest BCUT2D eigenvalue weighted by Crippen LogP contribution is 2.41. The molecule has 1 aliphatic heterocycles. The predicted molar refractivity (Wildman–Crippen MR) is 107 cm³/mol. The number of fused-ring (bicyclic) bond motifs is 5. The topological polar surface area (TPSA) is 49.0 Å². The van der Waals surface area contributed by atoms with Crippen LogP contribution >= 0.6 is 11.6 Å². The van der Waals surface area contributed by atoms with Gasteiger partial charge in [-0.2, -0.15) is 0 Å². The first-order valence-electron chi connectivity index (χ1n) is 8.61. The van der Waals surface area contributed by atoms with E-state index in [2.05, 4.69) is 22.0 Å². The molecule has 0 saturated heterocycles. The second kappa shape index (κ2) is 5.58. The van der Waals surface area contributed by atoms with E-state index in [0.717, 1.165) is 41.0 Å². The molecule has 26 heavy (non-hydrogen) atoms. The molecule has 5 heteroatoms. The number of aromatic nitrogens is 2. The summed E-state index contributed by atoms with van der Waals surface area (Å²) >= 11 is 6.30. The largest absolute Gasteiger partial charge is 0.340 e. The quantitative estimate of drug-likeness (QED) is 0.498. The zero-order chi connectivity index (χ0) is 17.8. The van der Waals surface area contributed by atoms with Crippen molar-refractivity contribution in [1.82, 2.24) is 9.97 Å². The maximum Gasteiger partial charge on any atom is 0.260 e. The molecule has 0 bridgehead atoms. The number of rotatable bonds is 1. The van der Waals surface area contributed by atoms with Crippen LogP contribution in [0.5, 0.6) is 0 Å². The Hall–Kier alpha value is -2.85. The van der Waals surface area contributed by atoms with E-state index in [1.54, 1.807) is 6.07 Å². The summed E-state index contributed by atoms with van der Waals surface area (Å²) in [5.74, 6) is 0. The van der Waals surface area contributed by atoms with Gasteiger partial charge in [0.15, 0.2) is 0 Å². The van der Waals surface area contributed by atoms with Crippen LogP contribution in [-0.2, 0) is 6.42 Å². The average molecular weight is 362 g/mol. The fourth-order valence-electron chi connectivity index (χ4n) is 3.96. The highest BCUT2D eigenvalue weighted by molar-refractivity contribution is 6.35. The molecular formula is C21H16ClN3O. The van der Waals surface area contributed by atoms with E-state index >= 15 is 0 Å². The van der Waals surface area contributed by atoms with Gasteiger partial charge in [0.05, 0.1) is 27.1 Å². The third-order valence-electron chi connectivity index (χ3n) is 5.13. The van der Waals surface area contributed by atoms with Gasteiger partial charge in [0.2, 0.25) is 0 Å². The van der Waals surface area contributed by atoms with Gasteiger partial charge in [-0.15, -0.1) is 0 Å². The van der Waals surface area contributed by atoms with Gasteiger partial charge in [0.25, 0.3) is 5.56 Å². The monoisotopic (exact) mass is 361 g/mol. The highest BCUT2D eigenvalue weighted by Gasteiger charge is 2.28. The van der Waals surface area contributed by atoms with Crippen molar-refractivity contribution in [2.45, 2.75) is 13.3 Å². The number of halogens is 1. The minimum atomic E-state index is -0.146. The van der Waals surface area contributed by atoms with Crippen LogP contribution in [0, 0.1) is 6.92 Å². The van der Waals surface area contributed by atoms with Crippen LogP contribution in [-0.4, -0.2) is 16.5 Å². The van der Waals surface area contributed by atoms with Gasteiger partial charge in [-0.1, -0.05) is 41.9 Å². The first-order valence-corrected chi connectivity index (χ1v) is 8.99. The lowest BCUT2D eigenvalue weighted by atomic mass is 10.0. The third-order valence-corrected chi connectivity index (χ3v) is 5.45. The van der Waals surface area contributed by atoms with E-state index in [4.69, 9.17) is 16.6 Å². The van der Waals surface area contributed by atoms with Crippen molar-refractivity contribution in [2.24, 2.45) is 0 Å². The summed E-state index contributed by atoms with van der Waals surface area (Å²) in [5, 5.41) is 2.04. The van der Waals surface area contributed by atoms with Gasteiger partial charge in [-0.25, -0.2) is 0 Å². The molecule has 4 nitrogen and oxygen atoms in total. The van der Waals surface area contributed by atoms with Crippen LogP contribution in [0.25, 0.3) is 21.8 Å². The minimum Gasteiger partial charge on any atom is -0.340 e. The third kappa shape index (κ3) is 2.09. The van der Waals surface area contributed by atoms with Crippen molar-refractivity contribution in [3.8, 4) is 0 Å². The molecule has 0 fully saturated rings. The number of anilines is 2. The maximum absolute atomic E-state index is 13.0. The van der Waals surface area contributed by atoms with E-state index in [9.17, 15) is 4.79 Å². The first-order chi connectivity index (χ1) is 12.6. The zero-order valence-electron chi connectivity index (χ0n) is 14.2. The fourth-order valence-corrected chi connectivity index (χ4v) is 4.18. The average Bonchev–Trinajstić information content (AvgIpc) is 3.09. The predicted octanol–water partition coefficient (Wildman–Crippen LogP) is 4.73. The van der Waals surface area contributed by atoms with E-state index < -0.39 is 0 Å². The minimum absolute atomic E-state index is 0.146. The van der Waals surface area contributed by atoms with Crippen molar-refractivity contribution in [1.29, 1.82) is 0 Å². The first kappa shape index (κ1) is 15.4. The molecule has 128 valence electrons. The Balaban J connectivity index is 1.94. The molecule has 1 aliphatic rings. The Morgan fingerprint density at radius 3 is 2.73 bits per heavy atom. The van der Waals surface area contributed by atoms with Crippen LogP contribution < -0.4 is 10.5 Å². The Kier molecular flexibility index (Phi) is 3.31. The zero-order valence-corrected chi connectivity index (χ0v) is 15.0. The van der Waals surface area contributed by atoms with Gasteiger partial charge >= 0.3 is 0 Å². The van der Waals surface area contributed by atoms with Crippen LogP contribution in [0.1, 0.15) is 11.3 Å². The van der Waals surface area contributed by atoms with Crippen LogP contribution in [0.15, 0.2) is 53.3 Å². The number of aromatic amines is 1. The number of aryl methyl sites for hydroxylation is 1. The molecule has 1 N–H and O–H groups in total. The van der Waals surface area contributed by atoms with E-state index in [0.29, 0.717) is 21.4 Å².